The molecule has 1 saturated carbocycles. The van der Waals surface area contributed by atoms with Crippen molar-refractivity contribution >= 4 is 17.8 Å². The van der Waals surface area contributed by atoms with Crippen LogP contribution in [0.5, 0.6) is 0 Å². The van der Waals surface area contributed by atoms with E-state index in [-0.39, 0.29) is 0 Å². The van der Waals surface area contributed by atoms with Gasteiger partial charge in [-0.15, -0.1) is 5.10 Å². The van der Waals surface area contributed by atoms with Gasteiger partial charge in [0.15, 0.2) is 0 Å². The van der Waals surface area contributed by atoms with Gasteiger partial charge < -0.3 is 14.6 Å². The second kappa shape index (κ2) is 6.43. The maximum atomic E-state index is 5.66. The van der Waals surface area contributed by atoms with E-state index in [4.69, 9.17) is 4.42 Å². The molecule has 0 aromatic carbocycles. The van der Waals surface area contributed by atoms with Gasteiger partial charge in [0, 0.05) is 19.1 Å². The molecule has 1 N–H and O–H groups in total. The van der Waals surface area contributed by atoms with Crippen molar-refractivity contribution in [3.8, 4) is 0 Å². The first-order valence-corrected chi connectivity index (χ1v) is 7.87. The molecule has 1 aliphatic rings. The van der Waals surface area contributed by atoms with Crippen molar-refractivity contribution in [2.75, 3.05) is 24.0 Å². The standard InChI is InChI=1S/C12H22N4OS/c1-9(6-7-18-3)16(2)12-15-14-11(17-12)8-13-10-4-5-10/h9-10,13H,4-8H2,1-3H3. The van der Waals surface area contributed by atoms with Crippen molar-refractivity contribution in [3.63, 3.8) is 0 Å². The van der Waals surface area contributed by atoms with E-state index in [1.54, 1.807) is 0 Å². The number of nitrogens with zero attached hydrogens (tertiary/aromatic N) is 3. The summed E-state index contributed by atoms with van der Waals surface area (Å²) in [7, 11) is 2.01. The van der Waals surface area contributed by atoms with Crippen LogP contribution in [0.4, 0.5) is 6.01 Å². The van der Waals surface area contributed by atoms with Crippen molar-refractivity contribution in [3.05, 3.63) is 5.89 Å². The van der Waals surface area contributed by atoms with Crippen molar-refractivity contribution in [2.45, 2.75) is 44.8 Å². The van der Waals surface area contributed by atoms with Gasteiger partial charge in [-0.2, -0.15) is 11.8 Å². The van der Waals surface area contributed by atoms with E-state index in [2.05, 4.69) is 33.6 Å². The Morgan fingerprint density at radius 1 is 1.50 bits per heavy atom. The molecule has 6 heteroatoms. The van der Waals surface area contributed by atoms with Crippen molar-refractivity contribution in [1.82, 2.24) is 15.5 Å². The molecule has 18 heavy (non-hydrogen) atoms. The summed E-state index contributed by atoms with van der Waals surface area (Å²) >= 11 is 1.86. The molecule has 1 atom stereocenters. The van der Waals surface area contributed by atoms with Crippen LogP contribution in [0.1, 0.15) is 32.1 Å². The molecule has 2 rings (SSSR count). The molecule has 1 unspecified atom stereocenters. The summed E-state index contributed by atoms with van der Waals surface area (Å²) in [6.07, 6.45) is 5.79. The van der Waals surface area contributed by atoms with Gasteiger partial charge in [-0.1, -0.05) is 5.10 Å². The molecule has 0 spiro atoms. The molecule has 0 saturated heterocycles. The molecule has 1 aliphatic carbocycles. The fraction of sp³-hybridized carbons (Fsp3) is 0.833. The molecular weight excluding hydrogens is 248 g/mol. The van der Waals surface area contributed by atoms with E-state index >= 15 is 0 Å². The van der Waals surface area contributed by atoms with E-state index in [0.29, 0.717) is 30.5 Å². The van der Waals surface area contributed by atoms with Crippen LogP contribution in [0.2, 0.25) is 0 Å². The van der Waals surface area contributed by atoms with Crippen LogP contribution in [-0.2, 0) is 6.54 Å². The van der Waals surface area contributed by atoms with Gasteiger partial charge in [-0.25, -0.2) is 0 Å². The third-order valence-corrected chi connectivity index (χ3v) is 3.92. The molecule has 0 radical (unpaired) electrons. The molecule has 1 fully saturated rings. The SMILES string of the molecule is CSCCC(C)N(C)c1nnc(CNC2CC2)o1. The van der Waals surface area contributed by atoms with Crippen molar-refractivity contribution in [1.29, 1.82) is 0 Å². The summed E-state index contributed by atoms with van der Waals surface area (Å²) in [5.74, 6) is 1.83. The number of nitrogens with one attached hydrogen (secondary N) is 1. The third kappa shape index (κ3) is 3.88. The van der Waals surface area contributed by atoms with Crippen LogP contribution in [0.15, 0.2) is 4.42 Å². The Kier molecular flexibility index (Phi) is 4.88. The number of thioether (sulfide) groups is 1. The van der Waals surface area contributed by atoms with Crippen molar-refractivity contribution < 1.29 is 4.42 Å². The van der Waals surface area contributed by atoms with Gasteiger partial charge in [0.05, 0.1) is 6.54 Å². The Morgan fingerprint density at radius 3 is 2.94 bits per heavy atom. The molecule has 1 aromatic rings. The lowest BCUT2D eigenvalue weighted by Gasteiger charge is -2.22. The second-order valence-electron chi connectivity index (χ2n) is 4.87. The minimum Gasteiger partial charge on any atom is -0.407 e. The predicted octanol–water partition coefficient (Wildman–Crippen LogP) is 1.90. The van der Waals surface area contributed by atoms with E-state index < -0.39 is 0 Å². The summed E-state index contributed by atoms with van der Waals surface area (Å²) < 4.78 is 5.66. The highest BCUT2D eigenvalue weighted by Gasteiger charge is 2.22. The predicted molar refractivity (Wildman–Crippen MR) is 75.0 cm³/mol. The Labute approximate surface area is 113 Å². The highest BCUT2D eigenvalue weighted by Crippen LogP contribution is 2.20. The zero-order valence-electron chi connectivity index (χ0n) is 11.3. The summed E-state index contributed by atoms with van der Waals surface area (Å²) in [5, 5.41) is 11.6. The van der Waals surface area contributed by atoms with E-state index in [0.717, 1.165) is 12.2 Å². The number of rotatable bonds is 8. The normalized spacial score (nSPS) is 16.8. The smallest absolute Gasteiger partial charge is 0.318 e. The molecule has 0 amide bonds. The summed E-state index contributed by atoms with van der Waals surface area (Å²) in [6, 6.07) is 1.71. The average molecular weight is 270 g/mol. The average Bonchev–Trinajstić information content (AvgIpc) is 3.09. The Balaban J connectivity index is 1.82. The van der Waals surface area contributed by atoms with Crippen LogP contribution >= 0.6 is 11.8 Å². The largest absolute Gasteiger partial charge is 0.407 e. The van der Waals surface area contributed by atoms with Gasteiger partial charge in [-0.05, 0) is 38.2 Å². The minimum atomic E-state index is 0.419. The second-order valence-corrected chi connectivity index (χ2v) is 5.86. The monoisotopic (exact) mass is 270 g/mol. The van der Waals surface area contributed by atoms with Gasteiger partial charge >= 0.3 is 6.01 Å². The summed E-state index contributed by atoms with van der Waals surface area (Å²) in [4.78, 5) is 2.06. The Morgan fingerprint density at radius 2 is 2.28 bits per heavy atom. The lowest BCUT2D eigenvalue weighted by atomic mass is 10.2. The van der Waals surface area contributed by atoms with E-state index in [9.17, 15) is 0 Å². The number of hydrogen-bond donors (Lipinski definition) is 1. The fourth-order valence-corrected chi connectivity index (χ4v) is 2.23. The molecule has 1 heterocycles. The molecule has 0 aliphatic heterocycles. The molecular formula is C12H22N4OS. The number of aromatic nitrogens is 2. The topological polar surface area (TPSA) is 54.2 Å². The van der Waals surface area contributed by atoms with Gasteiger partial charge in [0.25, 0.3) is 0 Å². The maximum absolute atomic E-state index is 5.66. The van der Waals surface area contributed by atoms with E-state index in [1.165, 1.54) is 12.8 Å². The highest BCUT2D eigenvalue weighted by molar-refractivity contribution is 7.98. The fourth-order valence-electron chi connectivity index (χ4n) is 1.65. The summed E-state index contributed by atoms with van der Waals surface area (Å²) in [5.41, 5.74) is 0. The lowest BCUT2D eigenvalue weighted by molar-refractivity contribution is 0.454. The van der Waals surface area contributed by atoms with Gasteiger partial charge in [0.1, 0.15) is 0 Å². The quantitative estimate of drug-likeness (QED) is 0.778. The molecule has 1 aromatic heterocycles. The Hall–Kier alpha value is -0.750. The number of hydrogen-bond acceptors (Lipinski definition) is 6. The third-order valence-electron chi connectivity index (χ3n) is 3.28. The van der Waals surface area contributed by atoms with Gasteiger partial charge in [0.2, 0.25) is 5.89 Å². The first-order chi connectivity index (χ1) is 8.70. The lowest BCUT2D eigenvalue weighted by Crippen LogP contribution is -2.29. The number of anilines is 1. The highest BCUT2D eigenvalue weighted by atomic mass is 32.2. The van der Waals surface area contributed by atoms with Crippen LogP contribution in [0.25, 0.3) is 0 Å². The van der Waals surface area contributed by atoms with Crippen LogP contribution in [-0.4, -0.2) is 41.3 Å². The van der Waals surface area contributed by atoms with E-state index in [1.807, 2.05) is 18.8 Å². The molecule has 102 valence electrons. The Bertz CT molecular complexity index is 367. The minimum absolute atomic E-state index is 0.419. The van der Waals surface area contributed by atoms with Crippen LogP contribution in [0, 0.1) is 0 Å². The molecule has 5 nitrogen and oxygen atoms in total. The first-order valence-electron chi connectivity index (χ1n) is 6.48. The van der Waals surface area contributed by atoms with Crippen LogP contribution in [0.3, 0.4) is 0 Å². The zero-order chi connectivity index (χ0) is 13.0. The van der Waals surface area contributed by atoms with Crippen molar-refractivity contribution in [2.24, 2.45) is 0 Å². The zero-order valence-corrected chi connectivity index (χ0v) is 12.2. The summed E-state index contributed by atoms with van der Waals surface area (Å²) in [6.45, 7) is 2.87. The maximum Gasteiger partial charge on any atom is 0.318 e. The van der Waals surface area contributed by atoms with Crippen LogP contribution < -0.4 is 10.2 Å². The first kappa shape index (κ1) is 13.7. The van der Waals surface area contributed by atoms with Gasteiger partial charge in [-0.3, -0.25) is 0 Å². The molecule has 0 bridgehead atoms.